The van der Waals surface area contributed by atoms with E-state index in [0.29, 0.717) is 11.5 Å². The Morgan fingerprint density at radius 2 is 2.18 bits per heavy atom. The highest BCUT2D eigenvalue weighted by atomic mass is 16.3. The second kappa shape index (κ2) is 6.03. The number of rotatable bonds is 4. The van der Waals surface area contributed by atoms with Crippen molar-refractivity contribution in [2.75, 3.05) is 0 Å². The van der Waals surface area contributed by atoms with E-state index in [1.165, 1.54) is 12.1 Å². The van der Waals surface area contributed by atoms with Gasteiger partial charge >= 0.3 is 0 Å². The summed E-state index contributed by atoms with van der Waals surface area (Å²) in [7, 11) is 0. The lowest BCUT2D eigenvalue weighted by atomic mass is 10.1. The zero-order chi connectivity index (χ0) is 12.8. The lowest BCUT2D eigenvalue weighted by molar-refractivity contribution is 0.0954. The van der Waals surface area contributed by atoms with E-state index in [0.717, 1.165) is 12.1 Å². The molecule has 17 heavy (non-hydrogen) atoms. The van der Waals surface area contributed by atoms with Gasteiger partial charge in [0.05, 0.1) is 0 Å². The van der Waals surface area contributed by atoms with Crippen LogP contribution in [0.5, 0.6) is 5.75 Å². The van der Waals surface area contributed by atoms with Crippen LogP contribution in [0.1, 0.15) is 37.6 Å². The van der Waals surface area contributed by atoms with Crippen molar-refractivity contribution in [3.8, 4) is 5.75 Å². The van der Waals surface area contributed by atoms with Crippen molar-refractivity contribution in [2.24, 2.45) is 11.0 Å². The van der Waals surface area contributed by atoms with E-state index < -0.39 is 0 Å². The first kappa shape index (κ1) is 13.2. The molecule has 1 rings (SSSR count). The van der Waals surface area contributed by atoms with Crippen molar-refractivity contribution >= 4 is 11.6 Å². The van der Waals surface area contributed by atoms with Crippen LogP contribution in [0.3, 0.4) is 0 Å². The first-order chi connectivity index (χ1) is 7.99. The predicted molar refractivity (Wildman–Crippen MR) is 68.1 cm³/mol. The summed E-state index contributed by atoms with van der Waals surface area (Å²) in [5, 5.41) is 13.2. The Hall–Kier alpha value is -1.84. The molecule has 0 unspecified atom stereocenters. The summed E-state index contributed by atoms with van der Waals surface area (Å²) < 4.78 is 0. The van der Waals surface area contributed by atoms with Gasteiger partial charge in [-0.2, -0.15) is 5.10 Å². The summed E-state index contributed by atoms with van der Waals surface area (Å²) in [5.41, 5.74) is 3.75. The average molecular weight is 234 g/mol. The van der Waals surface area contributed by atoms with Crippen LogP contribution in [0.2, 0.25) is 0 Å². The smallest absolute Gasteiger partial charge is 0.271 e. The topological polar surface area (TPSA) is 61.7 Å². The number of hydrogen-bond donors (Lipinski definition) is 2. The highest BCUT2D eigenvalue weighted by Gasteiger charge is 2.05. The maximum absolute atomic E-state index is 11.7. The van der Waals surface area contributed by atoms with Crippen LogP contribution in [0, 0.1) is 5.92 Å². The maximum Gasteiger partial charge on any atom is 0.271 e. The fourth-order valence-corrected chi connectivity index (χ4v) is 1.49. The second-order valence-corrected chi connectivity index (χ2v) is 4.44. The third-order valence-electron chi connectivity index (χ3n) is 2.16. The molecule has 0 aliphatic heterocycles. The summed E-state index contributed by atoms with van der Waals surface area (Å²) in [6.45, 7) is 6.06. The van der Waals surface area contributed by atoms with Crippen LogP contribution in [0.4, 0.5) is 0 Å². The lowest BCUT2D eigenvalue weighted by Crippen LogP contribution is -2.19. The number of carbonyl (C=O) groups is 1. The molecular weight excluding hydrogens is 216 g/mol. The molecule has 0 spiro atoms. The monoisotopic (exact) mass is 234 g/mol. The van der Waals surface area contributed by atoms with Crippen LogP contribution >= 0.6 is 0 Å². The summed E-state index contributed by atoms with van der Waals surface area (Å²) >= 11 is 0. The first-order valence-corrected chi connectivity index (χ1v) is 5.61. The van der Waals surface area contributed by atoms with E-state index in [9.17, 15) is 9.90 Å². The van der Waals surface area contributed by atoms with E-state index >= 15 is 0 Å². The van der Waals surface area contributed by atoms with Crippen LogP contribution in [-0.2, 0) is 0 Å². The molecule has 0 heterocycles. The van der Waals surface area contributed by atoms with Gasteiger partial charge in [-0.25, -0.2) is 5.43 Å². The fraction of sp³-hybridized carbons (Fsp3) is 0.385. The van der Waals surface area contributed by atoms with Crippen molar-refractivity contribution in [3.63, 3.8) is 0 Å². The number of phenols is 1. The largest absolute Gasteiger partial charge is 0.508 e. The molecule has 1 aromatic carbocycles. The van der Waals surface area contributed by atoms with Gasteiger partial charge in [-0.3, -0.25) is 4.79 Å². The van der Waals surface area contributed by atoms with Crippen LogP contribution in [-0.4, -0.2) is 16.7 Å². The normalized spacial score (nSPS) is 11.6. The summed E-state index contributed by atoms with van der Waals surface area (Å²) in [5.74, 6) is 0.265. The Balaban J connectivity index is 2.61. The highest BCUT2D eigenvalue weighted by Crippen LogP contribution is 2.10. The maximum atomic E-state index is 11.7. The fourth-order valence-electron chi connectivity index (χ4n) is 1.49. The van der Waals surface area contributed by atoms with Gasteiger partial charge in [-0.15, -0.1) is 0 Å². The Morgan fingerprint density at radius 3 is 2.76 bits per heavy atom. The SMILES string of the molecule is C/C(CC(C)C)=N\NC(=O)c1cccc(O)c1. The standard InChI is InChI=1S/C13H18N2O2/c1-9(2)7-10(3)14-15-13(17)11-5-4-6-12(16)8-11/h4-6,8-9,16H,7H2,1-3H3,(H,15,17)/b14-10+. The van der Waals surface area contributed by atoms with Gasteiger partial charge in [0.2, 0.25) is 0 Å². The van der Waals surface area contributed by atoms with E-state index in [1.807, 2.05) is 6.92 Å². The number of hydrogen-bond acceptors (Lipinski definition) is 3. The molecule has 0 atom stereocenters. The minimum Gasteiger partial charge on any atom is -0.508 e. The Morgan fingerprint density at radius 1 is 1.47 bits per heavy atom. The van der Waals surface area contributed by atoms with Gasteiger partial charge < -0.3 is 5.11 Å². The molecule has 0 saturated carbocycles. The number of carbonyl (C=O) groups excluding carboxylic acids is 1. The number of amides is 1. The quantitative estimate of drug-likeness (QED) is 0.621. The van der Waals surface area contributed by atoms with Crippen molar-refractivity contribution in [3.05, 3.63) is 29.8 Å². The molecule has 0 radical (unpaired) electrons. The van der Waals surface area contributed by atoms with Gasteiger partial charge in [0.25, 0.3) is 5.91 Å². The zero-order valence-electron chi connectivity index (χ0n) is 10.4. The second-order valence-electron chi connectivity index (χ2n) is 4.44. The Bertz CT molecular complexity index is 425. The van der Waals surface area contributed by atoms with Gasteiger partial charge in [-0.1, -0.05) is 19.9 Å². The minimum atomic E-state index is -0.316. The molecular formula is C13H18N2O2. The molecule has 0 fully saturated rings. The molecule has 4 nitrogen and oxygen atoms in total. The van der Waals surface area contributed by atoms with Crippen molar-refractivity contribution in [2.45, 2.75) is 27.2 Å². The molecule has 0 saturated heterocycles. The molecule has 0 aliphatic rings. The Kier molecular flexibility index (Phi) is 4.69. The summed E-state index contributed by atoms with van der Waals surface area (Å²) in [6, 6.07) is 6.17. The van der Waals surface area contributed by atoms with E-state index in [2.05, 4.69) is 24.4 Å². The third kappa shape index (κ3) is 4.68. The van der Waals surface area contributed by atoms with Gasteiger partial charge in [0, 0.05) is 11.3 Å². The van der Waals surface area contributed by atoms with E-state index in [-0.39, 0.29) is 11.7 Å². The van der Waals surface area contributed by atoms with Crippen LogP contribution in [0.25, 0.3) is 0 Å². The molecule has 92 valence electrons. The number of nitrogens with one attached hydrogen (secondary N) is 1. The lowest BCUT2D eigenvalue weighted by Gasteiger charge is -2.05. The number of hydrazone groups is 1. The predicted octanol–water partition coefficient (Wildman–Crippen LogP) is 2.54. The molecule has 0 bridgehead atoms. The van der Waals surface area contributed by atoms with Crippen LogP contribution in [0.15, 0.2) is 29.4 Å². The summed E-state index contributed by atoms with van der Waals surface area (Å²) in [4.78, 5) is 11.7. The molecule has 4 heteroatoms. The third-order valence-corrected chi connectivity index (χ3v) is 2.16. The molecule has 2 N–H and O–H groups in total. The number of phenolic OH excluding ortho intramolecular Hbond substituents is 1. The van der Waals surface area contributed by atoms with Gasteiger partial charge in [-0.05, 0) is 37.5 Å². The van der Waals surface area contributed by atoms with E-state index in [4.69, 9.17) is 0 Å². The number of benzene rings is 1. The van der Waals surface area contributed by atoms with Crippen LogP contribution < -0.4 is 5.43 Å². The van der Waals surface area contributed by atoms with Gasteiger partial charge in [0.1, 0.15) is 5.75 Å². The molecule has 0 aliphatic carbocycles. The molecule has 1 amide bonds. The number of nitrogens with zero attached hydrogens (tertiary/aromatic N) is 1. The zero-order valence-corrected chi connectivity index (χ0v) is 10.4. The van der Waals surface area contributed by atoms with Gasteiger partial charge in [0.15, 0.2) is 0 Å². The molecule has 1 aromatic rings. The number of aromatic hydroxyl groups is 1. The average Bonchev–Trinajstić information content (AvgIpc) is 2.25. The van der Waals surface area contributed by atoms with Crippen molar-refractivity contribution in [1.29, 1.82) is 0 Å². The highest BCUT2D eigenvalue weighted by molar-refractivity contribution is 5.95. The van der Waals surface area contributed by atoms with E-state index in [1.54, 1.807) is 12.1 Å². The molecule has 0 aromatic heterocycles. The first-order valence-electron chi connectivity index (χ1n) is 5.61. The van der Waals surface area contributed by atoms with Crippen molar-refractivity contribution in [1.82, 2.24) is 5.43 Å². The summed E-state index contributed by atoms with van der Waals surface area (Å²) in [6.07, 6.45) is 0.848. The minimum absolute atomic E-state index is 0.0699. The van der Waals surface area contributed by atoms with Crippen molar-refractivity contribution < 1.29 is 9.90 Å². The Labute approximate surface area is 101 Å².